The van der Waals surface area contributed by atoms with E-state index in [0.717, 1.165) is 68.1 Å². The van der Waals surface area contributed by atoms with Gasteiger partial charge in [-0.3, -0.25) is 9.59 Å². The van der Waals surface area contributed by atoms with Crippen LogP contribution in [-0.4, -0.2) is 48.4 Å². The first-order valence-corrected chi connectivity index (χ1v) is 30.9. The maximum Gasteiger partial charge on any atom is 0.339 e. The van der Waals surface area contributed by atoms with Crippen LogP contribution in [0, 0.1) is 65.1 Å². The van der Waals surface area contributed by atoms with E-state index in [-0.39, 0.29) is 19.8 Å². The Bertz CT molecular complexity index is 1200. The van der Waals surface area contributed by atoms with Gasteiger partial charge < -0.3 is 19.3 Å². The molecule has 0 saturated carbocycles. The third kappa shape index (κ3) is 42.3. The van der Waals surface area contributed by atoms with Gasteiger partial charge in [-0.2, -0.15) is 0 Å². The highest BCUT2D eigenvalue weighted by Gasteiger charge is 2.43. The summed E-state index contributed by atoms with van der Waals surface area (Å²) in [6.45, 7) is 32.9. The normalized spacial score (nSPS) is 16.7. The molecule has 9 unspecified atom stereocenters. The van der Waals surface area contributed by atoms with Gasteiger partial charge in [0.15, 0.2) is 5.60 Å². The van der Waals surface area contributed by atoms with Gasteiger partial charge in [0.25, 0.3) is 0 Å². The average Bonchev–Trinajstić information content (AvgIpc) is 3.27. The predicted octanol–water partition coefficient (Wildman–Crippen LogP) is 18.9. The summed E-state index contributed by atoms with van der Waals surface area (Å²) in [4.78, 5) is 40.0. The minimum Gasteiger partial charge on any atom is -0.466 e. The van der Waals surface area contributed by atoms with Crippen LogP contribution in [0.4, 0.5) is 0 Å². The lowest BCUT2D eigenvalue weighted by Crippen LogP contribution is -2.45. The van der Waals surface area contributed by atoms with Crippen molar-refractivity contribution in [1.29, 1.82) is 0 Å². The highest BCUT2D eigenvalue weighted by molar-refractivity contribution is 5.90. The van der Waals surface area contributed by atoms with E-state index >= 15 is 0 Å². The molecule has 9 atom stereocenters. The highest BCUT2D eigenvalue weighted by Crippen LogP contribution is 2.27. The van der Waals surface area contributed by atoms with Crippen molar-refractivity contribution in [2.75, 3.05) is 19.8 Å². The van der Waals surface area contributed by atoms with Crippen molar-refractivity contribution in [1.82, 2.24) is 0 Å². The number of ether oxygens (including phenoxy) is 3. The first-order valence-electron chi connectivity index (χ1n) is 30.9. The van der Waals surface area contributed by atoms with Gasteiger partial charge in [-0.1, -0.05) is 270 Å². The number of carbonyl (C=O) groups excluding carboxylic acids is 3. The van der Waals surface area contributed by atoms with Crippen molar-refractivity contribution in [3.05, 3.63) is 0 Å². The number of carbonyl (C=O) groups is 3. The predicted molar refractivity (Wildman–Crippen MR) is 303 cm³/mol. The van der Waals surface area contributed by atoms with Crippen LogP contribution in [0.2, 0.25) is 0 Å². The Labute approximate surface area is 442 Å². The SMILES string of the molecule is CCCCC(C)CCCC(C)CCCC(C)CCOC(=O)C(O)(CC(=O)OCCC(C)CCCC(C)CCCC(C)CCCC(C)C)CC(=O)OCCC(C)CCCC(C)CCCC(C)CCCC(C)C. The van der Waals surface area contributed by atoms with Crippen LogP contribution in [0.5, 0.6) is 0 Å². The monoisotopic (exact) mass is 1000 g/mol. The summed E-state index contributed by atoms with van der Waals surface area (Å²) in [6.07, 6.45) is 34.8. The summed E-state index contributed by atoms with van der Waals surface area (Å²) in [5, 5.41) is 11.7. The summed E-state index contributed by atoms with van der Waals surface area (Å²) < 4.78 is 16.8. The largest absolute Gasteiger partial charge is 0.466 e. The third-order valence-corrected chi connectivity index (χ3v) is 16.2. The van der Waals surface area contributed by atoms with Crippen LogP contribution in [0.15, 0.2) is 0 Å². The summed E-state index contributed by atoms with van der Waals surface area (Å²) in [7, 11) is 0. The molecule has 0 fully saturated rings. The maximum atomic E-state index is 13.6. The summed E-state index contributed by atoms with van der Waals surface area (Å²) >= 11 is 0. The molecule has 0 aromatic heterocycles. The van der Waals surface area contributed by atoms with E-state index in [1.54, 1.807) is 0 Å². The highest BCUT2D eigenvalue weighted by atomic mass is 16.6. The van der Waals surface area contributed by atoms with Crippen LogP contribution in [-0.2, 0) is 28.6 Å². The molecule has 0 spiro atoms. The van der Waals surface area contributed by atoms with Gasteiger partial charge in [-0.25, -0.2) is 4.79 Å². The van der Waals surface area contributed by atoms with E-state index in [1.807, 2.05) is 0 Å². The number of rotatable bonds is 49. The van der Waals surface area contributed by atoms with E-state index in [9.17, 15) is 19.5 Å². The quantitative estimate of drug-likeness (QED) is 0.0479. The second kappa shape index (κ2) is 43.6. The van der Waals surface area contributed by atoms with Crippen molar-refractivity contribution < 1.29 is 33.7 Å². The van der Waals surface area contributed by atoms with Gasteiger partial charge >= 0.3 is 17.9 Å². The first kappa shape index (κ1) is 69.4. The number of hydrogen-bond donors (Lipinski definition) is 1. The Kier molecular flexibility index (Phi) is 42.6. The lowest BCUT2D eigenvalue weighted by Gasteiger charge is -2.25. The second-order valence-corrected chi connectivity index (χ2v) is 25.7. The van der Waals surface area contributed by atoms with Crippen LogP contribution >= 0.6 is 0 Å². The number of unbranched alkanes of at least 4 members (excludes halogenated alkanes) is 1. The van der Waals surface area contributed by atoms with E-state index in [1.165, 1.54) is 135 Å². The molecule has 0 saturated heterocycles. The molecule has 0 aromatic carbocycles. The summed E-state index contributed by atoms with van der Waals surface area (Å²) in [5.74, 6) is 4.95. The zero-order valence-electron chi connectivity index (χ0n) is 50.0. The lowest BCUT2D eigenvalue weighted by molar-refractivity contribution is -0.178. The maximum absolute atomic E-state index is 13.6. The molecule has 0 bridgehead atoms. The Hall–Kier alpha value is -1.63. The Morgan fingerprint density at radius 3 is 0.775 bits per heavy atom. The lowest BCUT2D eigenvalue weighted by atomic mass is 9.91. The van der Waals surface area contributed by atoms with Crippen LogP contribution in [0.1, 0.15) is 302 Å². The molecule has 1 N–H and O–H groups in total. The van der Waals surface area contributed by atoms with Crippen molar-refractivity contribution in [3.63, 3.8) is 0 Å². The van der Waals surface area contributed by atoms with Crippen molar-refractivity contribution in [2.45, 2.75) is 308 Å². The fraction of sp³-hybridized carbons (Fsp3) is 0.953. The fourth-order valence-electron chi connectivity index (χ4n) is 10.5. The van der Waals surface area contributed by atoms with Crippen LogP contribution < -0.4 is 0 Å². The number of hydrogen-bond acceptors (Lipinski definition) is 7. The molecule has 7 nitrogen and oxygen atoms in total. The molecule has 7 heteroatoms. The minimum atomic E-state index is -2.35. The van der Waals surface area contributed by atoms with Gasteiger partial charge in [0.2, 0.25) is 0 Å². The average molecular weight is 1010 g/mol. The van der Waals surface area contributed by atoms with Gasteiger partial charge in [0, 0.05) is 0 Å². The molecule has 0 aliphatic carbocycles. The van der Waals surface area contributed by atoms with E-state index < -0.39 is 36.4 Å². The summed E-state index contributed by atoms with van der Waals surface area (Å²) in [6, 6.07) is 0. The van der Waals surface area contributed by atoms with Gasteiger partial charge in [0.05, 0.1) is 32.7 Å². The van der Waals surface area contributed by atoms with Gasteiger partial charge in [-0.15, -0.1) is 0 Å². The molecule has 0 radical (unpaired) electrons. The number of esters is 3. The zero-order chi connectivity index (χ0) is 53.5. The molecule has 422 valence electrons. The second-order valence-electron chi connectivity index (χ2n) is 25.7. The van der Waals surface area contributed by atoms with Crippen molar-refractivity contribution in [3.8, 4) is 0 Å². The van der Waals surface area contributed by atoms with E-state index in [2.05, 4.69) is 96.9 Å². The zero-order valence-corrected chi connectivity index (χ0v) is 50.0. The molecule has 0 aliphatic heterocycles. The molecule has 0 rings (SSSR count). The molecular formula is C64H124O7. The molecule has 0 heterocycles. The molecule has 71 heavy (non-hydrogen) atoms. The molecule has 0 amide bonds. The van der Waals surface area contributed by atoms with Crippen molar-refractivity contribution in [2.24, 2.45) is 65.1 Å². The standard InChI is InChI=1S/C64H124O7/c1-15-16-27-52(6)30-19-33-55(9)38-24-41-60(14)44-47-71-63(67)64(68,48-61(65)69-45-42-58(12)39-22-36-56(10)34-20-31-53(7)28-17-25-50(2)3)49-62(66)70-46-43-59(13)40-23-37-57(11)35-21-32-54(8)29-18-26-51(4)5/h50-60,68H,15-49H2,1-14H3. The molecule has 0 aliphatic rings. The Morgan fingerprint density at radius 2 is 0.535 bits per heavy atom. The minimum absolute atomic E-state index is 0.124. The van der Waals surface area contributed by atoms with Crippen LogP contribution in [0.3, 0.4) is 0 Å². The van der Waals surface area contributed by atoms with Crippen molar-refractivity contribution >= 4 is 17.9 Å². The van der Waals surface area contributed by atoms with Gasteiger partial charge in [-0.05, 0) is 84.4 Å². The van der Waals surface area contributed by atoms with E-state index in [4.69, 9.17) is 14.2 Å². The molecule has 0 aromatic rings. The smallest absolute Gasteiger partial charge is 0.339 e. The molecular weight excluding hydrogens is 881 g/mol. The Morgan fingerprint density at radius 1 is 0.324 bits per heavy atom. The number of aliphatic hydroxyl groups is 1. The summed E-state index contributed by atoms with van der Waals surface area (Å²) in [5.41, 5.74) is -2.35. The first-order chi connectivity index (χ1) is 33.6. The van der Waals surface area contributed by atoms with Gasteiger partial charge in [0.1, 0.15) is 0 Å². The topological polar surface area (TPSA) is 99.1 Å². The Balaban J connectivity index is 5.02. The fourth-order valence-corrected chi connectivity index (χ4v) is 10.5. The van der Waals surface area contributed by atoms with E-state index in [0.29, 0.717) is 54.8 Å². The third-order valence-electron chi connectivity index (χ3n) is 16.2. The van der Waals surface area contributed by atoms with Crippen LogP contribution in [0.25, 0.3) is 0 Å².